The number of fused-ring (bicyclic) bond motifs is 3. The minimum absolute atomic E-state index is 0.0260. The van der Waals surface area contributed by atoms with E-state index in [4.69, 9.17) is 22.1 Å². The van der Waals surface area contributed by atoms with Gasteiger partial charge in [0.15, 0.2) is 5.15 Å². The maximum Gasteiger partial charge on any atom is 0.407 e. The van der Waals surface area contributed by atoms with Crippen molar-refractivity contribution in [3.63, 3.8) is 0 Å². The van der Waals surface area contributed by atoms with Crippen LogP contribution in [0.1, 0.15) is 35.3 Å². The van der Waals surface area contributed by atoms with Crippen molar-refractivity contribution in [1.82, 2.24) is 10.3 Å². The Morgan fingerprint density at radius 2 is 1.69 bits per heavy atom. The molecule has 2 aromatic carbocycles. The first-order chi connectivity index (χ1) is 15.5. The van der Waals surface area contributed by atoms with Gasteiger partial charge in [0.2, 0.25) is 0 Å². The van der Waals surface area contributed by atoms with Gasteiger partial charge in [-0.3, -0.25) is 0 Å². The summed E-state index contributed by atoms with van der Waals surface area (Å²) in [4.78, 5) is 16.2. The molecule has 0 aliphatic heterocycles. The minimum Gasteiger partial charge on any atom is -0.449 e. The number of aliphatic hydroxyl groups is 2. The van der Waals surface area contributed by atoms with Crippen molar-refractivity contribution >= 4 is 23.4 Å². The average molecular weight is 454 g/mol. The van der Waals surface area contributed by atoms with Gasteiger partial charge in [-0.05, 0) is 40.8 Å². The molecule has 1 amide bonds. The lowest BCUT2D eigenvalue weighted by atomic mass is 9.98. The zero-order chi connectivity index (χ0) is 22.7. The summed E-state index contributed by atoms with van der Waals surface area (Å²) >= 11 is 5.86. The minimum atomic E-state index is -1.25. The number of amides is 1. The molecular weight excluding hydrogens is 430 g/mol. The second kappa shape index (κ2) is 9.56. The lowest BCUT2D eigenvalue weighted by Gasteiger charge is -2.18. The maximum absolute atomic E-state index is 12.2. The molecule has 32 heavy (non-hydrogen) atoms. The van der Waals surface area contributed by atoms with Gasteiger partial charge in [0, 0.05) is 12.5 Å². The number of hydrogen-bond acceptors (Lipinski definition) is 6. The van der Waals surface area contributed by atoms with Crippen molar-refractivity contribution in [1.29, 1.82) is 0 Å². The highest BCUT2D eigenvalue weighted by Gasteiger charge is 2.29. The molecule has 0 bridgehead atoms. The van der Waals surface area contributed by atoms with E-state index in [0.29, 0.717) is 0 Å². The summed E-state index contributed by atoms with van der Waals surface area (Å²) in [6.07, 6.45) is -2.87. The van der Waals surface area contributed by atoms with E-state index < -0.39 is 18.3 Å². The monoisotopic (exact) mass is 453 g/mol. The van der Waals surface area contributed by atoms with E-state index in [1.165, 1.54) is 12.1 Å². The van der Waals surface area contributed by atoms with E-state index in [2.05, 4.69) is 34.6 Å². The van der Waals surface area contributed by atoms with Crippen molar-refractivity contribution in [2.45, 2.75) is 24.5 Å². The lowest BCUT2D eigenvalue weighted by molar-refractivity contribution is 0.0112. The summed E-state index contributed by atoms with van der Waals surface area (Å²) in [6, 6.07) is 19.2. The van der Waals surface area contributed by atoms with Crippen LogP contribution in [0.3, 0.4) is 0 Å². The highest BCUT2D eigenvalue weighted by atomic mass is 35.5. The fourth-order valence-electron chi connectivity index (χ4n) is 3.95. The molecule has 0 spiro atoms. The van der Waals surface area contributed by atoms with Crippen LogP contribution in [-0.4, -0.2) is 40.5 Å². The van der Waals surface area contributed by atoms with Crippen LogP contribution < -0.4 is 11.1 Å². The molecule has 1 aliphatic carbocycles. The molecule has 3 aromatic rings. The van der Waals surface area contributed by atoms with Crippen LogP contribution in [0.25, 0.3) is 11.1 Å². The van der Waals surface area contributed by atoms with Gasteiger partial charge in [0.1, 0.15) is 12.7 Å². The number of halogens is 1. The number of benzene rings is 2. The van der Waals surface area contributed by atoms with Crippen LogP contribution in [-0.2, 0) is 4.74 Å². The Kier molecular flexibility index (Phi) is 6.60. The average Bonchev–Trinajstić information content (AvgIpc) is 3.12. The molecule has 166 valence electrons. The summed E-state index contributed by atoms with van der Waals surface area (Å²) < 4.78 is 5.46. The molecular formula is C24H24ClN3O4. The smallest absolute Gasteiger partial charge is 0.407 e. The van der Waals surface area contributed by atoms with E-state index in [1.54, 1.807) is 0 Å². The number of aromatic nitrogens is 1. The highest BCUT2D eigenvalue weighted by molar-refractivity contribution is 6.31. The normalized spacial score (nSPS) is 14.3. The molecule has 0 radical (unpaired) electrons. The molecule has 5 N–H and O–H groups in total. The van der Waals surface area contributed by atoms with E-state index >= 15 is 0 Å². The Morgan fingerprint density at radius 1 is 1.06 bits per heavy atom. The van der Waals surface area contributed by atoms with Crippen molar-refractivity contribution in [3.05, 3.63) is 82.6 Å². The number of alkyl carbamates (subject to hydrolysis) is 1. The number of aliphatic hydroxyl groups excluding tert-OH is 2. The van der Waals surface area contributed by atoms with E-state index in [0.717, 1.165) is 22.3 Å². The first kappa shape index (κ1) is 22.1. The first-order valence-corrected chi connectivity index (χ1v) is 10.7. The lowest BCUT2D eigenvalue weighted by Crippen LogP contribution is -2.31. The third-order valence-electron chi connectivity index (χ3n) is 5.62. The van der Waals surface area contributed by atoms with Crippen molar-refractivity contribution in [3.8, 4) is 11.1 Å². The summed E-state index contributed by atoms with van der Waals surface area (Å²) in [6.45, 7) is 0.330. The summed E-state index contributed by atoms with van der Waals surface area (Å²) in [5, 5.41) is 23.1. The van der Waals surface area contributed by atoms with Crippen molar-refractivity contribution in [2.24, 2.45) is 0 Å². The number of nitrogen functional groups attached to an aromatic ring is 1. The molecule has 0 saturated carbocycles. The third-order valence-corrected chi connectivity index (χ3v) is 5.92. The Balaban J connectivity index is 1.28. The zero-order valence-corrected chi connectivity index (χ0v) is 18.0. The number of nitrogens with zero attached hydrogens (tertiary/aromatic N) is 1. The van der Waals surface area contributed by atoms with Gasteiger partial charge in [0.25, 0.3) is 0 Å². The van der Waals surface area contributed by atoms with E-state index in [-0.39, 0.29) is 42.0 Å². The second-order valence-corrected chi connectivity index (χ2v) is 8.03. The SMILES string of the molecule is Nc1ccc(C(O)C(O)CCNC(=O)OCC2c3ccccc3-c3ccccc32)nc1Cl. The fraction of sp³-hybridized carbons (Fsp3) is 0.250. The van der Waals surface area contributed by atoms with E-state index in [1.807, 2.05) is 24.3 Å². The molecule has 0 fully saturated rings. The van der Waals surface area contributed by atoms with Crippen molar-refractivity contribution < 1.29 is 19.7 Å². The molecule has 0 saturated heterocycles. The van der Waals surface area contributed by atoms with Crippen LogP contribution in [0.5, 0.6) is 0 Å². The van der Waals surface area contributed by atoms with Crippen LogP contribution in [0.4, 0.5) is 10.5 Å². The molecule has 2 atom stereocenters. The molecule has 8 heteroatoms. The predicted molar refractivity (Wildman–Crippen MR) is 122 cm³/mol. The van der Waals surface area contributed by atoms with Crippen LogP contribution >= 0.6 is 11.6 Å². The molecule has 7 nitrogen and oxygen atoms in total. The van der Waals surface area contributed by atoms with E-state index in [9.17, 15) is 15.0 Å². The Hall–Kier alpha value is -3.13. The molecule has 1 aliphatic rings. The van der Waals surface area contributed by atoms with Gasteiger partial charge in [-0.15, -0.1) is 0 Å². The number of pyridine rings is 1. The number of nitrogens with one attached hydrogen (secondary N) is 1. The van der Waals surface area contributed by atoms with Gasteiger partial charge >= 0.3 is 6.09 Å². The fourth-order valence-corrected chi connectivity index (χ4v) is 4.11. The van der Waals surface area contributed by atoms with Crippen LogP contribution in [0.15, 0.2) is 60.7 Å². The topological polar surface area (TPSA) is 118 Å². The first-order valence-electron chi connectivity index (χ1n) is 10.3. The Labute approximate surface area is 190 Å². The van der Waals surface area contributed by atoms with Gasteiger partial charge in [-0.25, -0.2) is 9.78 Å². The number of carbonyl (C=O) groups excluding carboxylic acids is 1. The Morgan fingerprint density at radius 3 is 2.31 bits per heavy atom. The molecule has 1 heterocycles. The predicted octanol–water partition coefficient (Wildman–Crippen LogP) is 3.64. The third kappa shape index (κ3) is 4.55. The molecule has 1 aromatic heterocycles. The number of anilines is 1. The summed E-state index contributed by atoms with van der Waals surface area (Å²) in [7, 11) is 0. The van der Waals surface area contributed by atoms with Crippen molar-refractivity contribution in [2.75, 3.05) is 18.9 Å². The molecule has 4 rings (SSSR count). The van der Waals surface area contributed by atoms with Crippen LogP contribution in [0, 0.1) is 0 Å². The number of ether oxygens (including phenoxy) is 1. The van der Waals surface area contributed by atoms with Gasteiger partial charge in [0.05, 0.1) is 17.5 Å². The number of nitrogens with two attached hydrogens (primary N) is 1. The van der Waals surface area contributed by atoms with Gasteiger partial charge < -0.3 is 26.0 Å². The standard InChI is InChI=1S/C24H24ClN3O4/c25-23-19(26)9-10-20(28-23)22(30)21(29)11-12-27-24(31)32-13-18-16-7-3-1-5-14(16)15-6-2-4-8-17(15)18/h1-10,18,21-22,29-30H,11-13,26H2,(H,27,31). The summed E-state index contributed by atoms with van der Waals surface area (Å²) in [5.41, 5.74) is 10.7. The largest absolute Gasteiger partial charge is 0.449 e. The summed E-state index contributed by atoms with van der Waals surface area (Å²) in [5.74, 6) is -0.0260. The quantitative estimate of drug-likeness (QED) is 0.406. The van der Waals surface area contributed by atoms with Gasteiger partial charge in [-0.2, -0.15) is 0 Å². The highest BCUT2D eigenvalue weighted by Crippen LogP contribution is 2.44. The zero-order valence-electron chi connectivity index (χ0n) is 17.2. The molecule has 2 unspecified atom stereocenters. The number of carbonyl (C=O) groups is 1. The van der Waals surface area contributed by atoms with Gasteiger partial charge in [-0.1, -0.05) is 60.1 Å². The second-order valence-electron chi connectivity index (χ2n) is 7.67. The Bertz CT molecular complexity index is 1080. The number of hydrogen-bond donors (Lipinski definition) is 4. The number of rotatable bonds is 7. The van der Waals surface area contributed by atoms with Crippen LogP contribution in [0.2, 0.25) is 5.15 Å². The maximum atomic E-state index is 12.2.